The third-order valence-corrected chi connectivity index (χ3v) is 7.64. The van der Waals surface area contributed by atoms with Crippen molar-refractivity contribution in [1.82, 2.24) is 0 Å². The molecule has 5 rings (SSSR count). The maximum absolute atomic E-state index is 12.4. The van der Waals surface area contributed by atoms with Gasteiger partial charge in [0.1, 0.15) is 5.60 Å². The summed E-state index contributed by atoms with van der Waals surface area (Å²) in [4.78, 5) is 0. The van der Waals surface area contributed by atoms with Gasteiger partial charge < -0.3 is 26.6 Å². The number of benzene rings is 2. The summed E-state index contributed by atoms with van der Waals surface area (Å²) in [6.07, 6.45) is 9.04. The zero-order valence-electron chi connectivity index (χ0n) is 17.4. The Hall–Kier alpha value is -1.42. The van der Waals surface area contributed by atoms with Crippen LogP contribution in [-0.4, -0.2) is 35.8 Å². The lowest BCUT2D eigenvalue weighted by molar-refractivity contribution is -0.946. The second-order valence-corrected chi connectivity index (χ2v) is 8.99. The number of hydrogen-bond donors (Lipinski definition) is 1. The minimum Gasteiger partial charge on any atom is -1.00 e. The van der Waals surface area contributed by atoms with Gasteiger partial charge in [0, 0.05) is 24.7 Å². The van der Waals surface area contributed by atoms with Crippen LogP contribution >= 0.6 is 0 Å². The van der Waals surface area contributed by atoms with Gasteiger partial charge >= 0.3 is 0 Å². The van der Waals surface area contributed by atoms with Crippen LogP contribution in [0.1, 0.15) is 49.7 Å². The van der Waals surface area contributed by atoms with Crippen LogP contribution in [0, 0.1) is 5.41 Å². The number of unbranched alkanes of at least 4 members (excludes halogenated alkanes) is 2. The molecular weight excluding hydrogens is 422 g/mol. The van der Waals surface area contributed by atoms with Gasteiger partial charge in [-0.2, -0.15) is 0 Å². The smallest absolute Gasteiger partial charge is 0.121 e. The standard InChI is InChI=1S/C26H34NO.BrH/c1-2-3-4-11-19-27-20-16-25(17-21-27,18-22-27)26(28,23-12-7-5-8-13-23)24-14-9-6-10-15-24;/h2,5-10,12-15,28H,1,3-4,11,16-22H2;1H/q+1;/p-1. The molecular formula is C26H34BrNO. The van der Waals surface area contributed by atoms with Crippen LogP contribution in [0.2, 0.25) is 0 Å². The van der Waals surface area contributed by atoms with E-state index in [1.807, 2.05) is 18.2 Å². The fourth-order valence-corrected chi connectivity index (χ4v) is 5.82. The van der Waals surface area contributed by atoms with Crippen LogP contribution in [-0.2, 0) is 5.60 Å². The van der Waals surface area contributed by atoms with Gasteiger partial charge in [-0.25, -0.2) is 0 Å². The van der Waals surface area contributed by atoms with E-state index in [2.05, 4.69) is 55.1 Å². The summed E-state index contributed by atoms with van der Waals surface area (Å²) in [5.41, 5.74) is 1.13. The van der Waals surface area contributed by atoms with Gasteiger partial charge in [0.05, 0.1) is 26.2 Å². The summed E-state index contributed by atoms with van der Waals surface area (Å²) in [6.45, 7) is 8.76. The lowest BCUT2D eigenvalue weighted by Gasteiger charge is -2.60. The number of allylic oxidation sites excluding steroid dienone is 1. The summed E-state index contributed by atoms with van der Waals surface area (Å²) in [6, 6.07) is 20.8. The number of aliphatic hydroxyl groups is 1. The van der Waals surface area contributed by atoms with Gasteiger partial charge in [-0.05, 0) is 30.4 Å². The number of piperidine rings is 3. The number of rotatable bonds is 8. The molecule has 2 bridgehead atoms. The lowest BCUT2D eigenvalue weighted by atomic mass is 9.56. The minimum atomic E-state index is -0.908. The molecule has 2 aromatic carbocycles. The monoisotopic (exact) mass is 455 g/mol. The van der Waals surface area contributed by atoms with Gasteiger partial charge in [0.2, 0.25) is 0 Å². The Kier molecular flexibility index (Phi) is 7.03. The molecule has 0 atom stereocenters. The SMILES string of the molecule is C=CCCCC[N+]12CCC(C(O)(c3ccccc3)c3ccccc3)(CC1)CC2.[Br-]. The Balaban J connectivity index is 0.00000240. The minimum absolute atomic E-state index is 0. The Labute approximate surface area is 186 Å². The van der Waals surface area contributed by atoms with Gasteiger partial charge in [-0.15, -0.1) is 6.58 Å². The maximum atomic E-state index is 12.4. The fourth-order valence-electron chi connectivity index (χ4n) is 5.82. The third kappa shape index (κ3) is 3.97. The molecule has 0 radical (unpaired) electrons. The Bertz CT molecular complexity index is 725. The Morgan fingerprint density at radius 1 is 0.862 bits per heavy atom. The molecule has 3 fully saturated rings. The van der Waals surface area contributed by atoms with Crippen molar-refractivity contribution < 1.29 is 26.6 Å². The molecule has 1 N–H and O–H groups in total. The molecule has 2 aromatic rings. The van der Waals surface area contributed by atoms with E-state index in [-0.39, 0.29) is 22.4 Å². The predicted octanol–water partition coefficient (Wildman–Crippen LogP) is 2.28. The quantitative estimate of drug-likeness (QED) is 0.367. The van der Waals surface area contributed by atoms with Crippen molar-refractivity contribution in [1.29, 1.82) is 0 Å². The number of fused-ring (bicyclic) bond motifs is 3. The van der Waals surface area contributed by atoms with Gasteiger partial charge in [-0.3, -0.25) is 0 Å². The number of hydrogen-bond acceptors (Lipinski definition) is 1. The molecule has 3 heterocycles. The van der Waals surface area contributed by atoms with Gasteiger partial charge in [0.25, 0.3) is 0 Å². The van der Waals surface area contributed by atoms with Crippen molar-refractivity contribution in [3.05, 3.63) is 84.4 Å². The summed E-state index contributed by atoms with van der Waals surface area (Å²) in [5.74, 6) is 0. The zero-order valence-corrected chi connectivity index (χ0v) is 19.0. The summed E-state index contributed by atoms with van der Waals surface area (Å²) in [7, 11) is 0. The molecule has 29 heavy (non-hydrogen) atoms. The average molecular weight is 456 g/mol. The first-order valence-electron chi connectivity index (χ1n) is 10.9. The number of nitrogens with zero attached hydrogens (tertiary/aromatic N) is 1. The molecule has 3 saturated heterocycles. The number of halogens is 1. The summed E-state index contributed by atoms with van der Waals surface area (Å²) >= 11 is 0. The van der Waals surface area contributed by atoms with E-state index in [1.54, 1.807) is 0 Å². The van der Waals surface area contributed by atoms with Crippen molar-refractivity contribution in [3.8, 4) is 0 Å². The van der Waals surface area contributed by atoms with Crippen LogP contribution in [0.5, 0.6) is 0 Å². The van der Waals surface area contributed by atoms with Gasteiger partial charge in [-0.1, -0.05) is 66.7 Å². The van der Waals surface area contributed by atoms with E-state index in [0.717, 1.165) is 36.8 Å². The molecule has 0 aromatic heterocycles. The summed E-state index contributed by atoms with van der Waals surface area (Å²) < 4.78 is 1.26. The van der Waals surface area contributed by atoms with E-state index in [0.29, 0.717) is 0 Å². The topological polar surface area (TPSA) is 20.2 Å². The zero-order chi connectivity index (χ0) is 19.5. The van der Waals surface area contributed by atoms with Crippen molar-refractivity contribution >= 4 is 0 Å². The largest absolute Gasteiger partial charge is 1.00 e. The molecule has 3 aliphatic heterocycles. The van der Waals surface area contributed by atoms with Crippen LogP contribution in [0.15, 0.2) is 73.3 Å². The average Bonchev–Trinajstić information content (AvgIpc) is 2.78. The highest BCUT2D eigenvalue weighted by Crippen LogP contribution is 2.57. The Morgan fingerprint density at radius 3 is 1.79 bits per heavy atom. The highest BCUT2D eigenvalue weighted by Gasteiger charge is 2.60. The highest BCUT2D eigenvalue weighted by molar-refractivity contribution is 5.39. The van der Waals surface area contributed by atoms with Crippen molar-refractivity contribution in [2.24, 2.45) is 5.41 Å². The maximum Gasteiger partial charge on any atom is 0.121 e. The van der Waals surface area contributed by atoms with E-state index in [4.69, 9.17) is 0 Å². The lowest BCUT2D eigenvalue weighted by Crippen LogP contribution is -3.00. The molecule has 3 aliphatic rings. The van der Waals surface area contributed by atoms with Crippen LogP contribution in [0.25, 0.3) is 0 Å². The van der Waals surface area contributed by atoms with Crippen molar-refractivity contribution in [2.75, 3.05) is 26.2 Å². The molecule has 0 saturated carbocycles. The molecule has 0 unspecified atom stereocenters. The van der Waals surface area contributed by atoms with Crippen molar-refractivity contribution in [3.63, 3.8) is 0 Å². The first-order valence-corrected chi connectivity index (χ1v) is 10.9. The fraction of sp³-hybridized carbons (Fsp3) is 0.462. The molecule has 0 spiro atoms. The first kappa shape index (κ1) is 22.3. The normalized spacial score (nSPS) is 26.0. The highest BCUT2D eigenvalue weighted by atomic mass is 79.9. The second-order valence-electron chi connectivity index (χ2n) is 8.99. The second kappa shape index (κ2) is 9.16. The van der Waals surface area contributed by atoms with E-state index < -0.39 is 5.60 Å². The van der Waals surface area contributed by atoms with Crippen LogP contribution in [0.3, 0.4) is 0 Å². The first-order chi connectivity index (χ1) is 13.6. The number of quaternary nitrogens is 1. The Morgan fingerprint density at radius 2 is 1.34 bits per heavy atom. The molecule has 0 amide bonds. The van der Waals surface area contributed by atoms with Crippen LogP contribution in [0.4, 0.5) is 0 Å². The van der Waals surface area contributed by atoms with E-state index in [9.17, 15) is 5.11 Å². The molecule has 0 aliphatic carbocycles. The van der Waals surface area contributed by atoms with Crippen molar-refractivity contribution in [2.45, 2.75) is 44.1 Å². The van der Waals surface area contributed by atoms with Gasteiger partial charge in [0.15, 0.2) is 0 Å². The molecule has 2 nitrogen and oxygen atoms in total. The molecule has 3 heteroatoms. The predicted molar refractivity (Wildman–Crippen MR) is 116 cm³/mol. The van der Waals surface area contributed by atoms with E-state index >= 15 is 0 Å². The van der Waals surface area contributed by atoms with Crippen LogP contribution < -0.4 is 17.0 Å². The summed E-state index contributed by atoms with van der Waals surface area (Å²) in [5, 5.41) is 12.4. The third-order valence-electron chi connectivity index (χ3n) is 7.64. The van der Waals surface area contributed by atoms with E-state index in [1.165, 1.54) is 43.5 Å². The molecule has 156 valence electrons.